The van der Waals surface area contributed by atoms with Gasteiger partial charge in [-0.2, -0.15) is 0 Å². The summed E-state index contributed by atoms with van der Waals surface area (Å²) in [6.45, 7) is 0. The number of hydrogen-bond donors (Lipinski definition) is 0. The minimum absolute atomic E-state index is 1.04. The molecular formula is C27H16S2. The molecule has 6 aromatic rings. The molecule has 0 spiro atoms. The summed E-state index contributed by atoms with van der Waals surface area (Å²) in [4.78, 5) is 0. The molecule has 29 heavy (non-hydrogen) atoms. The van der Waals surface area contributed by atoms with Crippen molar-refractivity contribution >= 4 is 53.6 Å². The highest BCUT2D eigenvalue weighted by Crippen LogP contribution is 2.43. The normalized spacial score (nSPS) is 12.7. The molecule has 2 heteroatoms. The van der Waals surface area contributed by atoms with Gasteiger partial charge in [-0.15, -0.1) is 22.7 Å². The highest BCUT2D eigenvalue weighted by molar-refractivity contribution is 7.17. The van der Waals surface area contributed by atoms with Gasteiger partial charge in [0.15, 0.2) is 0 Å². The number of benzene rings is 4. The molecule has 0 amide bonds. The van der Waals surface area contributed by atoms with Gasteiger partial charge in [0.05, 0.1) is 0 Å². The van der Waals surface area contributed by atoms with Crippen molar-refractivity contribution in [3.63, 3.8) is 0 Å². The molecular weight excluding hydrogens is 388 g/mol. The fraction of sp³-hybridized carbons (Fsp3) is 0.0370. The highest BCUT2D eigenvalue weighted by atomic mass is 32.1. The Morgan fingerprint density at radius 1 is 0.552 bits per heavy atom. The first-order valence-corrected chi connectivity index (χ1v) is 11.6. The van der Waals surface area contributed by atoms with Crippen LogP contribution in [0.25, 0.3) is 53.2 Å². The summed E-state index contributed by atoms with van der Waals surface area (Å²) >= 11 is 3.64. The highest BCUT2D eigenvalue weighted by Gasteiger charge is 2.21. The van der Waals surface area contributed by atoms with Gasteiger partial charge in [0, 0.05) is 9.40 Å². The van der Waals surface area contributed by atoms with Crippen molar-refractivity contribution in [1.82, 2.24) is 0 Å². The van der Waals surface area contributed by atoms with E-state index in [0.29, 0.717) is 0 Å². The fourth-order valence-corrected chi connectivity index (χ4v) is 6.41. The first kappa shape index (κ1) is 15.9. The molecule has 7 rings (SSSR count). The van der Waals surface area contributed by atoms with Crippen molar-refractivity contribution in [3.05, 3.63) is 94.7 Å². The van der Waals surface area contributed by atoms with Crippen LogP contribution in [0.15, 0.2) is 83.6 Å². The van der Waals surface area contributed by atoms with Gasteiger partial charge >= 0.3 is 0 Å². The topological polar surface area (TPSA) is 0 Å². The van der Waals surface area contributed by atoms with Crippen molar-refractivity contribution < 1.29 is 0 Å². The number of thiophene rings is 2. The summed E-state index contributed by atoms with van der Waals surface area (Å²) in [7, 11) is 0. The molecule has 0 saturated heterocycles. The maximum Gasteiger partial charge on any atom is 0.0345 e. The van der Waals surface area contributed by atoms with Crippen LogP contribution in [0.3, 0.4) is 0 Å². The second-order valence-corrected chi connectivity index (χ2v) is 9.74. The van der Waals surface area contributed by atoms with E-state index in [9.17, 15) is 0 Å². The maximum atomic E-state index is 2.39. The molecule has 1 aliphatic rings. The van der Waals surface area contributed by atoms with Crippen LogP contribution >= 0.6 is 22.7 Å². The zero-order valence-corrected chi connectivity index (χ0v) is 17.2. The van der Waals surface area contributed by atoms with Crippen LogP contribution in [0.1, 0.15) is 11.1 Å². The van der Waals surface area contributed by atoms with Crippen LogP contribution in [0.2, 0.25) is 0 Å². The van der Waals surface area contributed by atoms with Crippen LogP contribution in [-0.4, -0.2) is 0 Å². The molecule has 0 N–H and O–H groups in total. The Hall–Kier alpha value is -2.94. The Morgan fingerprint density at radius 3 is 2.21 bits per heavy atom. The maximum absolute atomic E-state index is 2.39. The minimum atomic E-state index is 1.04. The second-order valence-electron chi connectivity index (χ2n) is 7.85. The lowest BCUT2D eigenvalue weighted by atomic mass is 9.95. The fourth-order valence-electron chi connectivity index (χ4n) is 4.80. The molecule has 1 aliphatic carbocycles. The standard InChI is InChI=1S/C27H16S2/c1-4-22-18(11-16(1)17-3-6-26-19(12-17)7-9-28-26)2-5-23-24-13-20-8-10-29-27(20)15-21(24)14-25(22)23/h1-13,15H,14H2. The van der Waals surface area contributed by atoms with Gasteiger partial charge in [0.25, 0.3) is 0 Å². The molecule has 0 fully saturated rings. The first-order valence-electron chi connectivity index (χ1n) is 9.87. The van der Waals surface area contributed by atoms with E-state index < -0.39 is 0 Å². The smallest absolute Gasteiger partial charge is 0.0345 e. The van der Waals surface area contributed by atoms with Crippen LogP contribution in [0.5, 0.6) is 0 Å². The molecule has 0 atom stereocenters. The third-order valence-corrected chi connectivity index (χ3v) is 8.03. The average molecular weight is 405 g/mol. The van der Waals surface area contributed by atoms with Crippen LogP contribution in [-0.2, 0) is 6.42 Å². The van der Waals surface area contributed by atoms with E-state index >= 15 is 0 Å². The summed E-state index contributed by atoms with van der Waals surface area (Å²) in [5.41, 5.74) is 8.36. The Bertz CT molecular complexity index is 1580. The van der Waals surface area contributed by atoms with Crippen molar-refractivity contribution in [3.8, 4) is 22.3 Å². The van der Waals surface area contributed by atoms with Crippen molar-refractivity contribution in [2.75, 3.05) is 0 Å². The van der Waals surface area contributed by atoms with Crippen LogP contribution in [0, 0.1) is 0 Å². The zero-order chi connectivity index (χ0) is 18.9. The third-order valence-electron chi connectivity index (χ3n) is 6.25. The van der Waals surface area contributed by atoms with E-state index in [1.54, 1.807) is 11.3 Å². The summed E-state index contributed by atoms with van der Waals surface area (Å²) in [6.07, 6.45) is 1.04. The van der Waals surface area contributed by atoms with Crippen LogP contribution < -0.4 is 0 Å². The van der Waals surface area contributed by atoms with Gasteiger partial charge < -0.3 is 0 Å². The lowest BCUT2D eigenvalue weighted by Gasteiger charge is -2.09. The number of hydrogen-bond acceptors (Lipinski definition) is 2. The molecule has 136 valence electrons. The molecule has 0 nitrogen and oxygen atoms in total. The Balaban J connectivity index is 1.39. The van der Waals surface area contributed by atoms with E-state index in [1.807, 2.05) is 11.3 Å². The predicted molar refractivity (Wildman–Crippen MR) is 128 cm³/mol. The SMILES string of the molecule is c1cc2cc(-c3ccc4c5c(ccc4c3)-c3cc4ccsc4cc3C5)ccc2s1. The van der Waals surface area contributed by atoms with Crippen LogP contribution in [0.4, 0.5) is 0 Å². The summed E-state index contributed by atoms with van der Waals surface area (Å²) in [6, 6.07) is 27.6. The van der Waals surface area contributed by atoms with Gasteiger partial charge in [0.2, 0.25) is 0 Å². The zero-order valence-electron chi connectivity index (χ0n) is 15.6. The number of rotatable bonds is 1. The van der Waals surface area contributed by atoms with Gasteiger partial charge in [-0.3, -0.25) is 0 Å². The average Bonchev–Trinajstić information content (AvgIpc) is 3.48. The molecule has 0 radical (unpaired) electrons. The Kier molecular flexibility index (Phi) is 3.18. The molecule has 4 aromatic carbocycles. The van der Waals surface area contributed by atoms with E-state index in [1.165, 1.54) is 64.3 Å². The van der Waals surface area contributed by atoms with Crippen molar-refractivity contribution in [1.29, 1.82) is 0 Å². The Morgan fingerprint density at radius 2 is 1.31 bits per heavy atom. The lowest BCUT2D eigenvalue weighted by Crippen LogP contribution is -1.86. The summed E-state index contributed by atoms with van der Waals surface area (Å²) in [5, 5.41) is 9.78. The summed E-state index contributed by atoms with van der Waals surface area (Å²) in [5.74, 6) is 0. The predicted octanol–water partition coefficient (Wildman–Crippen LogP) is 8.51. The minimum Gasteiger partial charge on any atom is -0.144 e. The molecule has 2 aromatic heterocycles. The second kappa shape index (κ2) is 5.79. The third kappa shape index (κ3) is 2.30. The van der Waals surface area contributed by atoms with E-state index in [4.69, 9.17) is 0 Å². The molecule has 0 unspecified atom stereocenters. The lowest BCUT2D eigenvalue weighted by molar-refractivity contribution is 1.29. The summed E-state index contributed by atoms with van der Waals surface area (Å²) < 4.78 is 2.75. The van der Waals surface area contributed by atoms with E-state index in [2.05, 4.69) is 83.6 Å². The molecule has 0 bridgehead atoms. The molecule has 0 saturated carbocycles. The largest absolute Gasteiger partial charge is 0.144 e. The van der Waals surface area contributed by atoms with Crippen molar-refractivity contribution in [2.24, 2.45) is 0 Å². The Labute approximate surface area is 176 Å². The first-order chi connectivity index (χ1) is 14.3. The van der Waals surface area contributed by atoms with E-state index in [-0.39, 0.29) is 0 Å². The molecule has 0 aliphatic heterocycles. The van der Waals surface area contributed by atoms with Gasteiger partial charge in [-0.25, -0.2) is 0 Å². The van der Waals surface area contributed by atoms with Gasteiger partial charge in [0.1, 0.15) is 0 Å². The van der Waals surface area contributed by atoms with Gasteiger partial charge in [-0.1, -0.05) is 30.3 Å². The monoisotopic (exact) mass is 404 g/mol. The number of fused-ring (bicyclic) bond motifs is 7. The molecule has 2 heterocycles. The van der Waals surface area contributed by atoms with Gasteiger partial charge in [-0.05, 0) is 115 Å². The van der Waals surface area contributed by atoms with Crippen molar-refractivity contribution in [2.45, 2.75) is 6.42 Å². The van der Waals surface area contributed by atoms with E-state index in [0.717, 1.165) is 6.42 Å². The quantitative estimate of drug-likeness (QED) is 0.257.